The van der Waals surface area contributed by atoms with Gasteiger partial charge >= 0.3 is 0 Å². The first-order chi connectivity index (χ1) is 20.7. The van der Waals surface area contributed by atoms with E-state index in [9.17, 15) is 9.59 Å². The lowest BCUT2D eigenvalue weighted by Gasteiger charge is -2.39. The molecule has 0 aliphatic carbocycles. The fraction of sp³-hybridized carbons (Fsp3) is 0.765. The molecule has 9 nitrogen and oxygen atoms in total. The highest BCUT2D eigenvalue weighted by Crippen LogP contribution is 2.35. The number of rotatable bonds is 9. The Morgan fingerprint density at radius 2 is 1.84 bits per heavy atom. The molecule has 5 rings (SSSR count). The molecular formula is C34H56N6O3. The van der Waals surface area contributed by atoms with Gasteiger partial charge in [-0.15, -0.1) is 0 Å². The molecule has 43 heavy (non-hydrogen) atoms. The Hall–Kier alpha value is -2.20. The van der Waals surface area contributed by atoms with Gasteiger partial charge in [-0.05, 0) is 95.0 Å². The molecule has 4 heterocycles. The van der Waals surface area contributed by atoms with Crippen molar-refractivity contribution in [2.24, 2.45) is 11.8 Å². The van der Waals surface area contributed by atoms with E-state index >= 15 is 0 Å². The van der Waals surface area contributed by atoms with Crippen molar-refractivity contribution >= 4 is 17.5 Å². The van der Waals surface area contributed by atoms with E-state index in [4.69, 9.17) is 4.74 Å². The quantitative estimate of drug-likeness (QED) is 0.404. The Kier molecular flexibility index (Phi) is 11.0. The second kappa shape index (κ2) is 14.7. The molecule has 0 bridgehead atoms. The molecule has 4 aliphatic rings. The second-order valence-corrected chi connectivity index (χ2v) is 13.8. The van der Waals surface area contributed by atoms with Crippen LogP contribution in [0.25, 0.3) is 0 Å². The van der Waals surface area contributed by atoms with Gasteiger partial charge in [0.15, 0.2) is 0 Å². The number of piperazine rings is 1. The number of hydrogen-bond acceptors (Lipinski definition) is 7. The molecule has 9 heteroatoms. The molecule has 0 spiro atoms. The van der Waals surface area contributed by atoms with Gasteiger partial charge < -0.3 is 30.5 Å². The molecule has 4 aliphatic heterocycles. The molecule has 1 aromatic rings. The average molecular weight is 597 g/mol. The molecule has 1 aromatic carbocycles. The fourth-order valence-electron chi connectivity index (χ4n) is 7.79. The van der Waals surface area contributed by atoms with Crippen LogP contribution in [-0.2, 0) is 9.53 Å². The Balaban J connectivity index is 1.33. The number of likely N-dealkylation sites (N-methyl/N-ethyl adjacent to an activating group) is 1. The summed E-state index contributed by atoms with van der Waals surface area (Å²) in [5.41, 5.74) is 4.20. The summed E-state index contributed by atoms with van der Waals surface area (Å²) in [4.78, 5) is 34.1. The van der Waals surface area contributed by atoms with Crippen LogP contribution in [0.2, 0.25) is 0 Å². The van der Waals surface area contributed by atoms with Gasteiger partial charge in [-0.25, -0.2) is 0 Å². The van der Waals surface area contributed by atoms with Gasteiger partial charge in [-0.1, -0.05) is 6.92 Å². The summed E-state index contributed by atoms with van der Waals surface area (Å²) in [6.45, 7) is 18.0. The number of carbonyl (C=O) groups excluding carboxylic acids is 2. The zero-order valence-corrected chi connectivity index (χ0v) is 27.3. The largest absolute Gasteiger partial charge is 0.381 e. The topological polar surface area (TPSA) is 89.2 Å². The molecule has 0 aromatic heterocycles. The third-order valence-electron chi connectivity index (χ3n) is 10.6. The molecule has 2 amide bonds. The standard InChI is InChI=1S/C34H56N6O3/c1-6-40(29-9-15-43-16-10-29)32-19-27(26-7-8-28(35-20-26)22-39-13-11-38(5)12-14-39)18-30(25(32)4)33(41)36-21-31-23(2)17-24(3)37-34(31)42/h18-19,23-24,26,28-29,31,35H,6-17,20-22H2,1-5H3,(H,36,41)(H,37,42). The highest BCUT2D eigenvalue weighted by molar-refractivity contribution is 5.98. The summed E-state index contributed by atoms with van der Waals surface area (Å²) in [5.74, 6) is 0.391. The van der Waals surface area contributed by atoms with Crippen LogP contribution >= 0.6 is 0 Å². The van der Waals surface area contributed by atoms with E-state index in [1.165, 1.54) is 11.3 Å². The summed E-state index contributed by atoms with van der Waals surface area (Å²) < 4.78 is 5.69. The maximum Gasteiger partial charge on any atom is 0.251 e. The Morgan fingerprint density at radius 1 is 1.09 bits per heavy atom. The third-order valence-corrected chi connectivity index (χ3v) is 10.6. The summed E-state index contributed by atoms with van der Waals surface area (Å²) >= 11 is 0. The number of amides is 2. The van der Waals surface area contributed by atoms with Gasteiger partial charge in [0, 0.05) is 94.9 Å². The van der Waals surface area contributed by atoms with E-state index < -0.39 is 0 Å². The molecule has 0 saturated carbocycles. The average Bonchev–Trinajstić information content (AvgIpc) is 3.00. The van der Waals surface area contributed by atoms with Crippen LogP contribution in [0.1, 0.15) is 80.3 Å². The van der Waals surface area contributed by atoms with E-state index in [0.717, 1.165) is 102 Å². The van der Waals surface area contributed by atoms with Crippen LogP contribution in [0.5, 0.6) is 0 Å². The smallest absolute Gasteiger partial charge is 0.251 e. The number of carbonyl (C=O) groups is 2. The Labute approximate surface area is 259 Å². The SMILES string of the molecule is CCN(c1cc(C2CCC(CN3CCN(C)CC3)NC2)cc(C(=O)NCC2C(=O)NC(C)CC2C)c1C)C1CCOCC1. The normalized spacial score (nSPS) is 29.7. The van der Waals surface area contributed by atoms with Crippen LogP contribution in [0.4, 0.5) is 5.69 Å². The first-order valence-electron chi connectivity index (χ1n) is 16.9. The van der Waals surface area contributed by atoms with Crippen molar-refractivity contribution in [3.63, 3.8) is 0 Å². The van der Waals surface area contributed by atoms with Gasteiger partial charge in [-0.3, -0.25) is 14.5 Å². The molecule has 4 fully saturated rings. The fourth-order valence-corrected chi connectivity index (χ4v) is 7.79. The van der Waals surface area contributed by atoms with E-state index in [-0.39, 0.29) is 29.7 Å². The van der Waals surface area contributed by atoms with E-state index in [1.807, 2.05) is 6.92 Å². The minimum Gasteiger partial charge on any atom is -0.381 e. The van der Waals surface area contributed by atoms with Crippen molar-refractivity contribution in [1.82, 2.24) is 25.8 Å². The van der Waals surface area contributed by atoms with Gasteiger partial charge in [0.1, 0.15) is 0 Å². The summed E-state index contributed by atoms with van der Waals surface area (Å²) in [7, 11) is 2.21. The molecule has 0 radical (unpaired) electrons. The monoisotopic (exact) mass is 596 g/mol. The number of anilines is 1. The van der Waals surface area contributed by atoms with Gasteiger partial charge in [0.2, 0.25) is 5.91 Å². The highest BCUT2D eigenvalue weighted by Gasteiger charge is 2.33. The number of piperidine rings is 2. The summed E-state index contributed by atoms with van der Waals surface area (Å²) in [6, 6.07) is 5.64. The van der Waals surface area contributed by atoms with E-state index in [2.05, 4.69) is 70.6 Å². The minimum atomic E-state index is -0.197. The maximum absolute atomic E-state index is 13.9. The summed E-state index contributed by atoms with van der Waals surface area (Å²) in [6.07, 6.45) is 5.21. The number of nitrogens with one attached hydrogen (secondary N) is 3. The lowest BCUT2D eigenvalue weighted by Crippen LogP contribution is -2.51. The number of hydrogen-bond donors (Lipinski definition) is 3. The van der Waals surface area contributed by atoms with Crippen molar-refractivity contribution in [1.29, 1.82) is 0 Å². The van der Waals surface area contributed by atoms with Crippen LogP contribution in [-0.4, -0.2) is 112 Å². The molecule has 5 unspecified atom stereocenters. The van der Waals surface area contributed by atoms with Crippen molar-refractivity contribution in [3.8, 4) is 0 Å². The van der Waals surface area contributed by atoms with Crippen molar-refractivity contribution < 1.29 is 14.3 Å². The summed E-state index contributed by atoms with van der Waals surface area (Å²) in [5, 5.41) is 10.1. The highest BCUT2D eigenvalue weighted by atomic mass is 16.5. The molecule has 5 atom stereocenters. The van der Waals surface area contributed by atoms with E-state index in [1.54, 1.807) is 0 Å². The van der Waals surface area contributed by atoms with Gasteiger partial charge in [-0.2, -0.15) is 0 Å². The lowest BCUT2D eigenvalue weighted by molar-refractivity contribution is -0.129. The minimum absolute atomic E-state index is 0.0498. The van der Waals surface area contributed by atoms with Crippen LogP contribution in [0.15, 0.2) is 12.1 Å². The zero-order valence-electron chi connectivity index (χ0n) is 27.3. The van der Waals surface area contributed by atoms with Crippen LogP contribution in [0, 0.1) is 18.8 Å². The van der Waals surface area contributed by atoms with Crippen molar-refractivity contribution in [3.05, 3.63) is 28.8 Å². The van der Waals surface area contributed by atoms with E-state index in [0.29, 0.717) is 24.5 Å². The van der Waals surface area contributed by atoms with Gasteiger partial charge in [0.05, 0.1) is 5.92 Å². The Morgan fingerprint density at radius 3 is 2.49 bits per heavy atom. The zero-order chi connectivity index (χ0) is 30.5. The van der Waals surface area contributed by atoms with Crippen molar-refractivity contribution in [2.45, 2.75) is 83.8 Å². The lowest BCUT2D eigenvalue weighted by atomic mass is 9.84. The number of nitrogens with zero attached hydrogens (tertiary/aromatic N) is 3. The van der Waals surface area contributed by atoms with Crippen LogP contribution in [0.3, 0.4) is 0 Å². The predicted molar refractivity (Wildman–Crippen MR) is 173 cm³/mol. The number of benzene rings is 1. The third kappa shape index (κ3) is 7.91. The Bertz CT molecular complexity index is 1090. The maximum atomic E-state index is 13.9. The molecule has 3 N–H and O–H groups in total. The van der Waals surface area contributed by atoms with Crippen LogP contribution < -0.4 is 20.9 Å². The molecule has 4 saturated heterocycles. The van der Waals surface area contributed by atoms with Gasteiger partial charge in [0.25, 0.3) is 5.91 Å². The predicted octanol–water partition coefficient (Wildman–Crippen LogP) is 2.97. The number of ether oxygens (including phenoxy) is 1. The van der Waals surface area contributed by atoms with Crippen molar-refractivity contribution in [2.75, 3.05) is 77.5 Å². The molecular weight excluding hydrogens is 540 g/mol. The first-order valence-corrected chi connectivity index (χ1v) is 16.9. The second-order valence-electron chi connectivity index (χ2n) is 13.8. The first kappa shape index (κ1) is 32.2. The molecule has 240 valence electrons.